The van der Waals surface area contributed by atoms with E-state index in [2.05, 4.69) is 9.97 Å². The van der Waals surface area contributed by atoms with Gasteiger partial charge < -0.3 is 29.4 Å². The second kappa shape index (κ2) is 11.1. The Morgan fingerprint density at radius 2 is 1.85 bits per heavy atom. The minimum Gasteiger partial charge on any atom is -0.494 e. The van der Waals surface area contributed by atoms with Gasteiger partial charge in [-0.3, -0.25) is 9.59 Å². The van der Waals surface area contributed by atoms with E-state index in [-0.39, 0.29) is 66.1 Å². The molecule has 4 aromatic rings. The highest BCUT2D eigenvalue weighted by atomic mass is 19.4. The predicted octanol–water partition coefficient (Wildman–Crippen LogP) is 4.26. The summed E-state index contributed by atoms with van der Waals surface area (Å²) in [5.41, 5.74) is 5.56. The number of carbonyl (C=O) groups excluding carboxylic acids is 2. The third-order valence-electron chi connectivity index (χ3n) is 6.61. The number of nitrogens with two attached hydrogens (primary N) is 1. The van der Waals surface area contributed by atoms with Gasteiger partial charge in [0, 0.05) is 24.0 Å². The van der Waals surface area contributed by atoms with E-state index in [4.69, 9.17) is 19.6 Å². The summed E-state index contributed by atoms with van der Waals surface area (Å²) in [5, 5.41) is 0.276. The van der Waals surface area contributed by atoms with Crippen LogP contribution in [0.4, 0.5) is 18.9 Å². The number of oxazole rings is 1. The van der Waals surface area contributed by atoms with Crippen molar-refractivity contribution < 1.29 is 36.7 Å². The molecular formula is C28H26F3N5O5. The lowest BCUT2D eigenvalue weighted by molar-refractivity contribution is -0.141. The second-order valence-electron chi connectivity index (χ2n) is 9.07. The van der Waals surface area contributed by atoms with E-state index in [1.807, 2.05) is 13.0 Å². The standard InChI is InChI=1S/C28H26F3N5O5/c1-3-40-19-7-5-4-6-18(19)36-13-12-35(15-23(36)37)27(38)25-21(14-32)41-26(34-25)17-8-10-20(39-2)24-16(17)9-11-22(33-24)28(29,30)31/h4-11H,3,12-15,32H2,1-2H3. The lowest BCUT2D eigenvalue weighted by Crippen LogP contribution is -2.52. The molecule has 0 atom stereocenters. The number of hydrogen-bond donors (Lipinski definition) is 1. The van der Waals surface area contributed by atoms with Gasteiger partial charge in [-0.15, -0.1) is 0 Å². The number of fused-ring (bicyclic) bond motifs is 1. The number of aromatic nitrogens is 2. The molecule has 0 aliphatic carbocycles. The molecule has 0 bridgehead atoms. The number of pyridine rings is 1. The molecule has 3 heterocycles. The number of piperazine rings is 1. The number of carbonyl (C=O) groups is 2. The Balaban J connectivity index is 1.44. The fourth-order valence-corrected chi connectivity index (χ4v) is 4.68. The van der Waals surface area contributed by atoms with Gasteiger partial charge in [0.05, 0.1) is 25.9 Å². The van der Waals surface area contributed by atoms with E-state index in [1.165, 1.54) is 24.1 Å². The van der Waals surface area contributed by atoms with Gasteiger partial charge in [-0.1, -0.05) is 12.1 Å². The molecule has 0 unspecified atom stereocenters. The minimum absolute atomic E-state index is 0.0291. The van der Waals surface area contributed by atoms with Crippen molar-refractivity contribution >= 4 is 28.4 Å². The maximum absolute atomic E-state index is 13.5. The van der Waals surface area contributed by atoms with Crippen molar-refractivity contribution in [2.24, 2.45) is 5.73 Å². The van der Waals surface area contributed by atoms with Crippen molar-refractivity contribution in [3.8, 4) is 23.0 Å². The first-order valence-electron chi connectivity index (χ1n) is 12.7. The van der Waals surface area contributed by atoms with Crippen molar-refractivity contribution in [3.63, 3.8) is 0 Å². The number of methoxy groups -OCH3 is 1. The summed E-state index contributed by atoms with van der Waals surface area (Å²) in [6.45, 7) is 2.35. The SMILES string of the molecule is CCOc1ccccc1N1CCN(C(=O)c2nc(-c3ccc(OC)c4nc(C(F)(F)F)ccc34)oc2CN)CC1=O. The highest BCUT2D eigenvalue weighted by Crippen LogP contribution is 2.37. The molecule has 1 fully saturated rings. The molecule has 214 valence electrons. The largest absolute Gasteiger partial charge is 0.494 e. The highest BCUT2D eigenvalue weighted by molar-refractivity contribution is 6.02. The monoisotopic (exact) mass is 569 g/mol. The van der Waals surface area contributed by atoms with Crippen LogP contribution in [0.25, 0.3) is 22.4 Å². The molecule has 10 nitrogen and oxygen atoms in total. The normalized spacial score (nSPS) is 14.0. The van der Waals surface area contributed by atoms with E-state index in [9.17, 15) is 22.8 Å². The van der Waals surface area contributed by atoms with Gasteiger partial charge in [0.2, 0.25) is 11.8 Å². The lowest BCUT2D eigenvalue weighted by Gasteiger charge is -2.34. The Bertz CT molecular complexity index is 1620. The summed E-state index contributed by atoms with van der Waals surface area (Å²) < 4.78 is 56.6. The zero-order chi connectivity index (χ0) is 29.3. The molecule has 2 aromatic carbocycles. The molecule has 1 aliphatic rings. The zero-order valence-corrected chi connectivity index (χ0v) is 22.2. The Hall–Kier alpha value is -4.65. The van der Waals surface area contributed by atoms with E-state index < -0.39 is 17.8 Å². The van der Waals surface area contributed by atoms with Crippen LogP contribution in [0, 0.1) is 0 Å². The maximum atomic E-state index is 13.5. The number of hydrogen-bond acceptors (Lipinski definition) is 8. The van der Waals surface area contributed by atoms with Crippen LogP contribution in [0.5, 0.6) is 11.5 Å². The van der Waals surface area contributed by atoms with Crippen molar-refractivity contribution in [1.82, 2.24) is 14.9 Å². The van der Waals surface area contributed by atoms with E-state index >= 15 is 0 Å². The van der Waals surface area contributed by atoms with E-state index in [0.717, 1.165) is 6.07 Å². The van der Waals surface area contributed by atoms with Gasteiger partial charge in [0.15, 0.2) is 11.5 Å². The number of anilines is 1. The third-order valence-corrected chi connectivity index (χ3v) is 6.61. The number of para-hydroxylation sites is 2. The third kappa shape index (κ3) is 5.27. The van der Waals surface area contributed by atoms with Crippen molar-refractivity contribution in [2.45, 2.75) is 19.6 Å². The van der Waals surface area contributed by atoms with Crippen molar-refractivity contribution in [2.75, 3.05) is 38.3 Å². The Morgan fingerprint density at radius 1 is 1.07 bits per heavy atom. The van der Waals surface area contributed by atoms with Crippen LogP contribution < -0.4 is 20.1 Å². The quantitative estimate of drug-likeness (QED) is 0.350. The molecule has 1 saturated heterocycles. The molecule has 0 spiro atoms. The number of amides is 2. The molecule has 2 aromatic heterocycles. The summed E-state index contributed by atoms with van der Waals surface area (Å²) >= 11 is 0. The number of ether oxygens (including phenoxy) is 2. The lowest BCUT2D eigenvalue weighted by atomic mass is 10.1. The molecule has 1 aliphatic heterocycles. The van der Waals surface area contributed by atoms with Crippen molar-refractivity contribution in [3.05, 3.63) is 65.7 Å². The molecule has 0 saturated carbocycles. The Kier molecular flexibility index (Phi) is 7.54. The zero-order valence-electron chi connectivity index (χ0n) is 22.2. The molecule has 5 rings (SSSR count). The van der Waals surface area contributed by atoms with E-state index in [1.54, 1.807) is 29.2 Å². The van der Waals surface area contributed by atoms with Gasteiger partial charge in [-0.2, -0.15) is 13.2 Å². The summed E-state index contributed by atoms with van der Waals surface area (Å²) in [5.74, 6) is -0.120. The average molecular weight is 570 g/mol. The number of rotatable bonds is 7. The smallest absolute Gasteiger partial charge is 0.433 e. The van der Waals surface area contributed by atoms with Crippen LogP contribution in [-0.2, 0) is 17.5 Å². The average Bonchev–Trinajstić information content (AvgIpc) is 3.40. The number of benzene rings is 2. The molecule has 41 heavy (non-hydrogen) atoms. The summed E-state index contributed by atoms with van der Waals surface area (Å²) in [7, 11) is 1.32. The summed E-state index contributed by atoms with van der Waals surface area (Å²) in [6.07, 6.45) is -4.66. The maximum Gasteiger partial charge on any atom is 0.433 e. The molecule has 2 amide bonds. The van der Waals surface area contributed by atoms with Crippen LogP contribution in [0.2, 0.25) is 0 Å². The number of halogens is 3. The first kappa shape index (κ1) is 27.9. The number of alkyl halides is 3. The van der Waals surface area contributed by atoms with Crippen LogP contribution in [0.15, 0.2) is 52.9 Å². The summed E-state index contributed by atoms with van der Waals surface area (Å²) in [6, 6.07) is 12.2. The first-order chi connectivity index (χ1) is 19.7. The molecular weight excluding hydrogens is 543 g/mol. The highest BCUT2D eigenvalue weighted by Gasteiger charge is 2.35. The van der Waals surface area contributed by atoms with Gasteiger partial charge in [0.25, 0.3) is 5.91 Å². The van der Waals surface area contributed by atoms with Gasteiger partial charge >= 0.3 is 6.18 Å². The second-order valence-corrected chi connectivity index (χ2v) is 9.07. The van der Waals surface area contributed by atoms with Crippen LogP contribution in [0.1, 0.15) is 28.9 Å². The first-order valence-corrected chi connectivity index (χ1v) is 12.7. The van der Waals surface area contributed by atoms with Crippen LogP contribution in [0.3, 0.4) is 0 Å². The number of nitrogens with zero attached hydrogens (tertiary/aromatic N) is 4. The summed E-state index contributed by atoms with van der Waals surface area (Å²) in [4.78, 5) is 37.6. The molecule has 0 radical (unpaired) electrons. The van der Waals surface area contributed by atoms with E-state index in [0.29, 0.717) is 23.6 Å². The predicted molar refractivity (Wildman–Crippen MR) is 143 cm³/mol. The molecule has 2 N–H and O–H groups in total. The molecule has 13 heteroatoms. The fraction of sp³-hybridized carbons (Fsp3) is 0.286. The van der Waals surface area contributed by atoms with Crippen LogP contribution >= 0.6 is 0 Å². The Labute approximate surface area is 232 Å². The topological polar surface area (TPSA) is 124 Å². The minimum atomic E-state index is -4.66. The van der Waals surface area contributed by atoms with Crippen molar-refractivity contribution in [1.29, 1.82) is 0 Å². The Morgan fingerprint density at radius 3 is 2.54 bits per heavy atom. The van der Waals surface area contributed by atoms with Gasteiger partial charge in [-0.25, -0.2) is 9.97 Å². The van der Waals surface area contributed by atoms with Gasteiger partial charge in [0.1, 0.15) is 29.3 Å². The van der Waals surface area contributed by atoms with Crippen LogP contribution in [-0.4, -0.2) is 60.0 Å². The van der Waals surface area contributed by atoms with Gasteiger partial charge in [-0.05, 0) is 43.3 Å². The fourth-order valence-electron chi connectivity index (χ4n) is 4.68.